The van der Waals surface area contributed by atoms with Crippen molar-refractivity contribution in [1.29, 1.82) is 0 Å². The van der Waals surface area contributed by atoms with E-state index >= 15 is 0 Å². The van der Waals surface area contributed by atoms with E-state index in [0.717, 1.165) is 19.3 Å². The number of unbranched alkanes of at least 4 members (excludes halogenated alkanes) is 14. The highest BCUT2D eigenvalue weighted by molar-refractivity contribution is 7.90. The Morgan fingerprint density at radius 3 is 1.55 bits per heavy atom. The molecule has 7 heteroatoms. The van der Waals surface area contributed by atoms with Crippen LogP contribution in [-0.4, -0.2) is 14.3 Å². The van der Waals surface area contributed by atoms with E-state index in [0.29, 0.717) is 5.69 Å². The van der Waals surface area contributed by atoms with Gasteiger partial charge in [-0.25, -0.2) is 13.1 Å². The van der Waals surface area contributed by atoms with E-state index in [1.165, 1.54) is 101 Å². The molecule has 0 fully saturated rings. The van der Waals surface area contributed by atoms with Gasteiger partial charge in [0.05, 0.1) is 4.90 Å². The van der Waals surface area contributed by atoms with Gasteiger partial charge in [0.1, 0.15) is 0 Å². The average Bonchev–Trinajstić information content (AvgIpc) is 2.71. The highest BCUT2D eigenvalue weighted by Crippen LogP contribution is 2.14. The van der Waals surface area contributed by atoms with E-state index in [-0.39, 0.29) is 23.7 Å². The summed E-state index contributed by atoms with van der Waals surface area (Å²) in [5.74, 6) is -0.443. The van der Waals surface area contributed by atoms with E-state index in [2.05, 4.69) is 11.6 Å². The lowest BCUT2D eigenvalue weighted by molar-refractivity contribution is -0.119. The SMILES string of the molecule is CCCCCCCCCCCCCCCCCC(=O)NS(=O)(=O)c1ccc(N)cc1.Cl. The number of amides is 1. The molecule has 0 atom stereocenters. The monoisotopic (exact) mass is 474 g/mol. The van der Waals surface area contributed by atoms with Gasteiger partial charge in [-0.2, -0.15) is 0 Å². The molecule has 180 valence electrons. The second kappa shape index (κ2) is 18.3. The number of carbonyl (C=O) groups is 1. The average molecular weight is 475 g/mol. The minimum atomic E-state index is -3.80. The third-order valence-electron chi connectivity index (χ3n) is 5.45. The molecule has 0 saturated carbocycles. The second-order valence-electron chi connectivity index (χ2n) is 8.30. The zero-order valence-corrected chi connectivity index (χ0v) is 20.9. The number of sulfonamides is 1. The largest absolute Gasteiger partial charge is 0.399 e. The van der Waals surface area contributed by atoms with Gasteiger partial charge < -0.3 is 5.73 Å². The summed E-state index contributed by atoms with van der Waals surface area (Å²) in [7, 11) is -3.80. The quantitative estimate of drug-likeness (QED) is 0.182. The zero-order chi connectivity index (χ0) is 22.1. The molecule has 3 N–H and O–H groups in total. The molecule has 1 amide bonds. The summed E-state index contributed by atoms with van der Waals surface area (Å²) in [6.07, 6.45) is 19.2. The van der Waals surface area contributed by atoms with Crippen molar-refractivity contribution in [2.24, 2.45) is 0 Å². The maximum Gasteiger partial charge on any atom is 0.264 e. The Morgan fingerprint density at radius 2 is 1.13 bits per heavy atom. The van der Waals surface area contributed by atoms with E-state index in [9.17, 15) is 13.2 Å². The highest BCUT2D eigenvalue weighted by Gasteiger charge is 2.16. The van der Waals surface area contributed by atoms with Crippen molar-refractivity contribution in [2.45, 2.75) is 115 Å². The van der Waals surface area contributed by atoms with Crippen molar-refractivity contribution < 1.29 is 13.2 Å². The maximum absolute atomic E-state index is 12.1. The van der Waals surface area contributed by atoms with Gasteiger partial charge in [-0.3, -0.25) is 4.79 Å². The number of halogens is 1. The lowest BCUT2D eigenvalue weighted by Crippen LogP contribution is -2.30. The van der Waals surface area contributed by atoms with E-state index in [4.69, 9.17) is 5.73 Å². The number of nitrogens with two attached hydrogens (primary N) is 1. The third-order valence-corrected chi connectivity index (χ3v) is 6.84. The third kappa shape index (κ3) is 15.2. The molecule has 0 heterocycles. The molecular weight excluding hydrogens is 432 g/mol. The van der Waals surface area contributed by atoms with Crippen LogP contribution in [0.4, 0.5) is 5.69 Å². The van der Waals surface area contributed by atoms with Crippen LogP contribution in [0.5, 0.6) is 0 Å². The van der Waals surface area contributed by atoms with Crippen LogP contribution in [0.15, 0.2) is 29.2 Å². The first-order valence-electron chi connectivity index (χ1n) is 11.9. The summed E-state index contributed by atoms with van der Waals surface area (Å²) in [5, 5.41) is 0. The Kier molecular flexibility index (Phi) is 17.6. The fraction of sp³-hybridized carbons (Fsp3) is 0.708. The predicted octanol–water partition coefficient (Wildman–Crippen LogP) is 6.76. The zero-order valence-electron chi connectivity index (χ0n) is 19.2. The molecule has 0 radical (unpaired) electrons. The number of hydrogen-bond donors (Lipinski definition) is 2. The summed E-state index contributed by atoms with van der Waals surface area (Å²) >= 11 is 0. The van der Waals surface area contributed by atoms with E-state index in [1.54, 1.807) is 0 Å². The van der Waals surface area contributed by atoms with Crippen molar-refractivity contribution in [3.05, 3.63) is 24.3 Å². The fourth-order valence-corrected chi connectivity index (χ4v) is 4.58. The maximum atomic E-state index is 12.1. The van der Waals surface area contributed by atoms with Crippen LogP contribution < -0.4 is 10.5 Å². The van der Waals surface area contributed by atoms with Crippen LogP contribution in [0.1, 0.15) is 110 Å². The molecule has 5 nitrogen and oxygen atoms in total. The van der Waals surface area contributed by atoms with Crippen LogP contribution in [0.2, 0.25) is 0 Å². The minimum Gasteiger partial charge on any atom is -0.399 e. The number of carbonyl (C=O) groups excluding carboxylic acids is 1. The van der Waals surface area contributed by atoms with Crippen molar-refractivity contribution in [2.75, 3.05) is 5.73 Å². The molecule has 0 aliphatic heterocycles. The minimum absolute atomic E-state index is 0. The van der Waals surface area contributed by atoms with Gasteiger partial charge in [0, 0.05) is 12.1 Å². The molecule has 31 heavy (non-hydrogen) atoms. The van der Waals surface area contributed by atoms with Crippen molar-refractivity contribution in [3.63, 3.8) is 0 Å². The summed E-state index contributed by atoms with van der Waals surface area (Å²) in [5.41, 5.74) is 6.04. The molecule has 0 unspecified atom stereocenters. The molecular formula is C24H43ClN2O3S. The number of hydrogen-bond acceptors (Lipinski definition) is 4. The smallest absolute Gasteiger partial charge is 0.264 e. The van der Waals surface area contributed by atoms with Crippen molar-refractivity contribution in [1.82, 2.24) is 4.72 Å². The van der Waals surface area contributed by atoms with Gasteiger partial charge in [0.2, 0.25) is 5.91 Å². The lowest BCUT2D eigenvalue weighted by atomic mass is 10.0. The molecule has 0 bridgehead atoms. The Hall–Kier alpha value is -1.27. The first-order valence-corrected chi connectivity index (χ1v) is 13.3. The van der Waals surface area contributed by atoms with E-state index < -0.39 is 15.9 Å². The van der Waals surface area contributed by atoms with Crippen molar-refractivity contribution >= 4 is 34.0 Å². The molecule has 0 aliphatic carbocycles. The molecule has 1 rings (SSSR count). The Balaban J connectivity index is 0.00000900. The number of nitrogen functional groups attached to an aromatic ring is 1. The normalized spacial score (nSPS) is 11.1. The van der Waals surface area contributed by atoms with Gasteiger partial charge in [0.15, 0.2) is 0 Å². The van der Waals surface area contributed by atoms with E-state index in [1.807, 2.05) is 0 Å². The number of nitrogens with one attached hydrogen (secondary N) is 1. The lowest BCUT2D eigenvalue weighted by Gasteiger charge is -2.07. The summed E-state index contributed by atoms with van der Waals surface area (Å²) in [6, 6.07) is 5.82. The highest BCUT2D eigenvalue weighted by atomic mass is 35.5. The Labute approximate surface area is 196 Å². The van der Waals surface area contributed by atoms with Crippen LogP contribution in [0.3, 0.4) is 0 Å². The molecule has 0 saturated heterocycles. The first-order chi connectivity index (χ1) is 14.5. The standard InChI is InChI=1S/C24H42N2O3S.ClH/c1-2-3-4-5-6-7-8-9-10-11-12-13-14-15-16-17-24(27)26-30(28,29)23-20-18-22(25)19-21-23;/h18-21H,2-17,25H2,1H3,(H,26,27);1H. The summed E-state index contributed by atoms with van der Waals surface area (Å²) < 4.78 is 26.4. The van der Waals surface area contributed by atoms with Gasteiger partial charge in [-0.15, -0.1) is 12.4 Å². The van der Waals surface area contributed by atoms with Gasteiger partial charge in [-0.1, -0.05) is 96.8 Å². The number of anilines is 1. The summed E-state index contributed by atoms with van der Waals surface area (Å²) in [4.78, 5) is 12.0. The van der Waals surface area contributed by atoms with Crippen LogP contribution in [-0.2, 0) is 14.8 Å². The number of benzene rings is 1. The topological polar surface area (TPSA) is 89.3 Å². The van der Waals surface area contributed by atoms with Crippen LogP contribution in [0, 0.1) is 0 Å². The Bertz CT molecular complexity index is 679. The molecule has 0 spiro atoms. The summed E-state index contributed by atoms with van der Waals surface area (Å²) in [6.45, 7) is 2.26. The first kappa shape index (κ1) is 29.7. The molecule has 0 aliphatic rings. The second-order valence-corrected chi connectivity index (χ2v) is 9.98. The molecule has 1 aromatic rings. The van der Waals surface area contributed by atoms with Gasteiger partial charge in [0.25, 0.3) is 10.0 Å². The molecule has 1 aromatic carbocycles. The van der Waals surface area contributed by atoms with Crippen LogP contribution >= 0.6 is 12.4 Å². The fourth-order valence-electron chi connectivity index (χ4n) is 3.56. The number of rotatable bonds is 18. The predicted molar refractivity (Wildman–Crippen MR) is 133 cm³/mol. The van der Waals surface area contributed by atoms with Crippen molar-refractivity contribution in [3.8, 4) is 0 Å². The Morgan fingerprint density at radius 1 is 0.742 bits per heavy atom. The molecule has 0 aromatic heterocycles. The van der Waals surface area contributed by atoms with Crippen LogP contribution in [0.25, 0.3) is 0 Å². The van der Waals surface area contributed by atoms with Gasteiger partial charge >= 0.3 is 0 Å². The van der Waals surface area contributed by atoms with Gasteiger partial charge in [-0.05, 0) is 30.7 Å².